The summed E-state index contributed by atoms with van der Waals surface area (Å²) in [7, 11) is 1.64. The van der Waals surface area contributed by atoms with Crippen LogP contribution in [-0.2, 0) is 4.74 Å². The minimum Gasteiger partial charge on any atom is -0.377 e. The van der Waals surface area contributed by atoms with Crippen molar-refractivity contribution in [1.29, 1.82) is 0 Å². The number of methoxy groups -OCH3 is 1. The van der Waals surface area contributed by atoms with Gasteiger partial charge in [-0.2, -0.15) is 0 Å². The zero-order chi connectivity index (χ0) is 12.3. The van der Waals surface area contributed by atoms with E-state index in [1.165, 1.54) is 12.1 Å². The van der Waals surface area contributed by atoms with E-state index in [2.05, 4.69) is 0 Å². The first kappa shape index (κ1) is 13.1. The Morgan fingerprint density at radius 1 is 1.50 bits per heavy atom. The van der Waals surface area contributed by atoms with Crippen LogP contribution >= 0.6 is 0 Å². The zero-order valence-corrected chi connectivity index (χ0v) is 10.4. The molecule has 3 heteroatoms. The van der Waals surface area contributed by atoms with Crippen LogP contribution in [0.15, 0.2) is 18.2 Å². The van der Waals surface area contributed by atoms with Crippen molar-refractivity contribution < 1.29 is 9.13 Å². The number of nitrogens with two attached hydrogens (primary N) is 1. The van der Waals surface area contributed by atoms with Gasteiger partial charge in [-0.05, 0) is 43.5 Å². The summed E-state index contributed by atoms with van der Waals surface area (Å²) in [5.41, 5.74) is 7.52. The molecule has 2 N–H and O–H groups in total. The Bertz CT molecular complexity index is 361. The van der Waals surface area contributed by atoms with Gasteiger partial charge in [-0.3, -0.25) is 0 Å². The number of aryl methyl sites for hydroxylation is 1. The minimum atomic E-state index is -0.460. The summed E-state index contributed by atoms with van der Waals surface area (Å²) in [5.74, 6) is -0.259. The maximum atomic E-state index is 13.2. The average Bonchev–Trinajstić information content (AvgIpc) is 2.30. The molecule has 16 heavy (non-hydrogen) atoms. The molecule has 0 aliphatic rings. The number of hydrogen-bond acceptors (Lipinski definition) is 2. The molecular formula is C13H20FNO. The van der Waals surface area contributed by atoms with Crippen molar-refractivity contribution in [3.05, 3.63) is 35.1 Å². The molecule has 2 atom stereocenters. The topological polar surface area (TPSA) is 35.2 Å². The third kappa shape index (κ3) is 2.42. The Morgan fingerprint density at radius 2 is 2.12 bits per heavy atom. The molecule has 0 aliphatic carbocycles. The molecule has 0 radical (unpaired) electrons. The maximum absolute atomic E-state index is 13.2. The van der Waals surface area contributed by atoms with Gasteiger partial charge in [0.25, 0.3) is 0 Å². The van der Waals surface area contributed by atoms with Gasteiger partial charge in [0.15, 0.2) is 0 Å². The molecule has 0 amide bonds. The van der Waals surface area contributed by atoms with Gasteiger partial charge in [0.2, 0.25) is 0 Å². The first-order chi connectivity index (χ1) is 7.44. The Morgan fingerprint density at radius 3 is 2.62 bits per heavy atom. The normalized spacial score (nSPS) is 16.9. The molecule has 0 bridgehead atoms. The molecule has 0 fully saturated rings. The highest BCUT2D eigenvalue weighted by Gasteiger charge is 2.31. The van der Waals surface area contributed by atoms with E-state index in [0.717, 1.165) is 17.5 Å². The lowest BCUT2D eigenvalue weighted by Gasteiger charge is -2.34. The van der Waals surface area contributed by atoms with Crippen LogP contribution in [0, 0.1) is 12.7 Å². The minimum absolute atomic E-state index is 0.259. The van der Waals surface area contributed by atoms with E-state index in [1.54, 1.807) is 13.2 Å². The Hall–Kier alpha value is -0.930. The summed E-state index contributed by atoms with van der Waals surface area (Å²) in [6.45, 7) is 5.89. The van der Waals surface area contributed by atoms with Gasteiger partial charge in [0, 0.05) is 7.11 Å². The van der Waals surface area contributed by atoms with E-state index in [0.29, 0.717) is 0 Å². The first-order valence-electron chi connectivity index (χ1n) is 5.51. The Balaban J connectivity index is 3.12. The average molecular weight is 225 g/mol. The molecule has 90 valence electrons. The third-order valence-corrected chi connectivity index (χ3v) is 3.40. The van der Waals surface area contributed by atoms with E-state index in [4.69, 9.17) is 10.5 Å². The van der Waals surface area contributed by atoms with Crippen molar-refractivity contribution in [1.82, 2.24) is 0 Å². The van der Waals surface area contributed by atoms with Gasteiger partial charge in [0.05, 0.1) is 11.6 Å². The number of halogens is 1. The summed E-state index contributed by atoms with van der Waals surface area (Å²) >= 11 is 0. The molecule has 0 aromatic heterocycles. The van der Waals surface area contributed by atoms with Crippen molar-refractivity contribution in [2.45, 2.75) is 38.8 Å². The van der Waals surface area contributed by atoms with Gasteiger partial charge in [-0.25, -0.2) is 4.39 Å². The molecule has 0 heterocycles. The molecule has 1 aromatic rings. The van der Waals surface area contributed by atoms with Gasteiger partial charge in [0.1, 0.15) is 5.82 Å². The van der Waals surface area contributed by atoms with Crippen LogP contribution < -0.4 is 5.73 Å². The lowest BCUT2D eigenvalue weighted by molar-refractivity contribution is -0.0196. The standard InChI is InChI=1S/C13H20FNO/c1-5-13(3,16-4)12(15)11-8-10(14)7-6-9(11)2/h6-8,12H,5,15H2,1-4H3. The second-order valence-electron chi connectivity index (χ2n) is 4.35. The maximum Gasteiger partial charge on any atom is 0.123 e. The third-order valence-electron chi connectivity index (χ3n) is 3.40. The number of ether oxygens (including phenoxy) is 1. The van der Waals surface area contributed by atoms with Crippen molar-refractivity contribution >= 4 is 0 Å². The smallest absolute Gasteiger partial charge is 0.123 e. The summed E-state index contributed by atoms with van der Waals surface area (Å²) in [6, 6.07) is 4.36. The summed E-state index contributed by atoms with van der Waals surface area (Å²) in [5, 5.41) is 0. The highest BCUT2D eigenvalue weighted by molar-refractivity contribution is 5.31. The fourth-order valence-electron chi connectivity index (χ4n) is 1.77. The zero-order valence-electron chi connectivity index (χ0n) is 10.4. The number of benzene rings is 1. The van der Waals surface area contributed by atoms with Crippen LogP contribution in [0.2, 0.25) is 0 Å². The Labute approximate surface area is 96.6 Å². The molecule has 2 unspecified atom stereocenters. The lowest BCUT2D eigenvalue weighted by Crippen LogP contribution is -2.40. The molecule has 2 nitrogen and oxygen atoms in total. The summed E-state index contributed by atoms with van der Waals surface area (Å²) in [6.07, 6.45) is 0.778. The van der Waals surface area contributed by atoms with Gasteiger partial charge in [-0.1, -0.05) is 13.0 Å². The fraction of sp³-hybridized carbons (Fsp3) is 0.538. The van der Waals surface area contributed by atoms with Gasteiger partial charge in [-0.15, -0.1) is 0 Å². The van der Waals surface area contributed by atoms with E-state index >= 15 is 0 Å². The largest absolute Gasteiger partial charge is 0.377 e. The lowest BCUT2D eigenvalue weighted by atomic mass is 9.86. The molecule has 1 aromatic carbocycles. The second kappa shape index (κ2) is 4.93. The monoisotopic (exact) mass is 225 g/mol. The van der Waals surface area contributed by atoms with Crippen molar-refractivity contribution in [3.8, 4) is 0 Å². The van der Waals surface area contributed by atoms with Crippen molar-refractivity contribution in [2.75, 3.05) is 7.11 Å². The molecule has 0 aliphatic heterocycles. The molecule has 0 saturated heterocycles. The van der Waals surface area contributed by atoms with Crippen LogP contribution in [-0.4, -0.2) is 12.7 Å². The Kier molecular flexibility index (Phi) is 4.05. The van der Waals surface area contributed by atoms with Crippen LogP contribution in [0.1, 0.15) is 37.4 Å². The summed E-state index contributed by atoms with van der Waals surface area (Å²) in [4.78, 5) is 0. The number of rotatable bonds is 4. The highest BCUT2D eigenvalue weighted by atomic mass is 19.1. The molecule has 1 rings (SSSR count). The van der Waals surface area contributed by atoms with E-state index in [-0.39, 0.29) is 11.9 Å². The summed E-state index contributed by atoms with van der Waals surface area (Å²) < 4.78 is 18.7. The van der Waals surface area contributed by atoms with Crippen LogP contribution in [0.5, 0.6) is 0 Å². The SMILES string of the molecule is CCC(C)(OC)C(N)c1cc(F)ccc1C. The van der Waals surface area contributed by atoms with Crippen molar-refractivity contribution in [2.24, 2.45) is 5.73 Å². The molecule has 0 spiro atoms. The number of hydrogen-bond donors (Lipinski definition) is 1. The van der Waals surface area contributed by atoms with Gasteiger partial charge >= 0.3 is 0 Å². The fourth-order valence-corrected chi connectivity index (χ4v) is 1.77. The second-order valence-corrected chi connectivity index (χ2v) is 4.35. The predicted octanol–water partition coefficient (Wildman–Crippen LogP) is 2.95. The highest BCUT2D eigenvalue weighted by Crippen LogP contribution is 2.31. The molecular weight excluding hydrogens is 205 g/mol. The van der Waals surface area contributed by atoms with E-state index < -0.39 is 5.60 Å². The van der Waals surface area contributed by atoms with Crippen molar-refractivity contribution in [3.63, 3.8) is 0 Å². The van der Waals surface area contributed by atoms with Crippen LogP contribution in [0.3, 0.4) is 0 Å². The van der Waals surface area contributed by atoms with Gasteiger partial charge < -0.3 is 10.5 Å². The first-order valence-corrected chi connectivity index (χ1v) is 5.51. The van der Waals surface area contributed by atoms with E-state index in [1.807, 2.05) is 20.8 Å². The van der Waals surface area contributed by atoms with Crippen LogP contribution in [0.25, 0.3) is 0 Å². The van der Waals surface area contributed by atoms with Crippen LogP contribution in [0.4, 0.5) is 4.39 Å². The predicted molar refractivity (Wildman–Crippen MR) is 63.8 cm³/mol. The van der Waals surface area contributed by atoms with E-state index in [9.17, 15) is 4.39 Å². The molecule has 0 saturated carbocycles. The quantitative estimate of drug-likeness (QED) is 0.855.